The molecule has 0 fully saturated rings. The lowest BCUT2D eigenvalue weighted by molar-refractivity contribution is 0.167. The predicted octanol–water partition coefficient (Wildman–Crippen LogP) is 15.3. The van der Waals surface area contributed by atoms with Crippen molar-refractivity contribution in [2.24, 2.45) is 29.6 Å². The summed E-state index contributed by atoms with van der Waals surface area (Å²) in [6.07, 6.45) is 69.7. The average Bonchev–Trinajstić information content (AvgIpc) is 3.75. The van der Waals surface area contributed by atoms with E-state index in [4.69, 9.17) is 4.74 Å². The molecule has 1 aromatic carbocycles. The fraction of sp³-hybridized carbons (Fsp3) is 0.355. The molecule has 0 radical (unpaired) electrons. The molecule has 0 saturated heterocycles. The molecule has 322 valence electrons. The fourth-order valence-corrected chi connectivity index (χ4v) is 13.2. The van der Waals surface area contributed by atoms with Crippen LogP contribution >= 0.6 is 0 Å². The minimum absolute atomic E-state index is 0.123. The lowest BCUT2D eigenvalue weighted by Crippen LogP contribution is -2.35. The molecule has 0 spiro atoms. The highest BCUT2D eigenvalue weighted by Crippen LogP contribution is 2.51. The number of ether oxygens (including phenoxy) is 1. The summed E-state index contributed by atoms with van der Waals surface area (Å²) in [7, 11) is 0. The van der Waals surface area contributed by atoms with E-state index in [0.717, 1.165) is 51.4 Å². The second kappa shape index (κ2) is 17.4. The molecule has 0 amide bonds. The van der Waals surface area contributed by atoms with E-state index in [1.807, 2.05) is 0 Å². The first-order valence-corrected chi connectivity index (χ1v) is 25.0. The van der Waals surface area contributed by atoms with Crippen LogP contribution < -0.4 is 0 Å². The highest BCUT2D eigenvalue weighted by Gasteiger charge is 2.41. The van der Waals surface area contributed by atoms with Gasteiger partial charge in [0.1, 0.15) is 11.9 Å². The third kappa shape index (κ3) is 7.55. The Balaban J connectivity index is 0.810. The first kappa shape index (κ1) is 40.0. The molecule has 64 heavy (non-hydrogen) atoms. The van der Waals surface area contributed by atoms with Crippen LogP contribution in [0.4, 0.5) is 0 Å². The van der Waals surface area contributed by atoms with Gasteiger partial charge in [0, 0.05) is 29.1 Å². The van der Waals surface area contributed by atoms with Crippen molar-refractivity contribution in [3.63, 3.8) is 0 Å². The molecule has 8 unspecified atom stereocenters. The molecule has 8 atom stereocenters. The zero-order chi connectivity index (χ0) is 42.4. The van der Waals surface area contributed by atoms with Gasteiger partial charge >= 0.3 is 0 Å². The van der Waals surface area contributed by atoms with Crippen molar-refractivity contribution in [3.05, 3.63) is 237 Å². The highest BCUT2D eigenvalue weighted by molar-refractivity contribution is 5.52. The van der Waals surface area contributed by atoms with E-state index in [0.29, 0.717) is 41.5 Å². The van der Waals surface area contributed by atoms with Crippen LogP contribution in [0, 0.1) is 29.6 Å². The van der Waals surface area contributed by atoms with Crippen LogP contribution in [0.15, 0.2) is 231 Å². The number of hydrogen-bond donors (Lipinski definition) is 0. The van der Waals surface area contributed by atoms with E-state index in [-0.39, 0.29) is 6.10 Å². The van der Waals surface area contributed by atoms with Crippen LogP contribution in [0.5, 0.6) is 0 Å². The summed E-state index contributed by atoms with van der Waals surface area (Å²) in [4.78, 5) is 2.72. The maximum atomic E-state index is 6.77. The van der Waals surface area contributed by atoms with E-state index in [1.54, 1.807) is 33.4 Å². The van der Waals surface area contributed by atoms with Gasteiger partial charge in [0.15, 0.2) is 0 Å². The van der Waals surface area contributed by atoms with Crippen LogP contribution in [0.2, 0.25) is 0 Å². The monoisotopic (exact) mass is 837 g/mol. The molecule has 2 heteroatoms. The van der Waals surface area contributed by atoms with Crippen molar-refractivity contribution in [2.45, 2.75) is 108 Å². The third-order valence-corrected chi connectivity index (χ3v) is 16.4. The lowest BCUT2D eigenvalue weighted by Gasteiger charge is -2.42. The molecule has 10 aliphatic carbocycles. The standard InChI is InChI=1S/C62H63NO/c1-3-13-45(14-4-1)55-20-9-18-48-19-10-21-56(61(48)55)47-30-37-54(38-31-47)63(52-33-26-43(27-34-52)50-25-24-42-12-7-8-17-49(42)40-50)53-35-28-44(29-36-53)51-32-39-60-59(41-51)58-23-11-22-57(62(58)64-60)46-15-5-2-6-16-46/h1-7,9,12-15,18-19,22,26,28,30-33,35-37,39-41,44,46,54-56,59-61H,8,10-11,16-17,20-21,23-25,27,29,34,38H2. The molecule has 0 aromatic heterocycles. The van der Waals surface area contributed by atoms with Crippen molar-refractivity contribution in [1.82, 2.24) is 4.90 Å². The summed E-state index contributed by atoms with van der Waals surface area (Å²) in [5, 5.41) is 0. The molecular weight excluding hydrogens is 775 g/mol. The Morgan fingerprint density at radius 2 is 1.52 bits per heavy atom. The highest BCUT2D eigenvalue weighted by atomic mass is 16.5. The van der Waals surface area contributed by atoms with Gasteiger partial charge in [-0.3, -0.25) is 0 Å². The van der Waals surface area contributed by atoms with Gasteiger partial charge in [0.25, 0.3) is 0 Å². The van der Waals surface area contributed by atoms with Crippen LogP contribution in [-0.2, 0) is 4.74 Å². The van der Waals surface area contributed by atoms with Crippen molar-refractivity contribution >= 4 is 0 Å². The van der Waals surface area contributed by atoms with E-state index in [1.165, 1.54) is 78.0 Å². The predicted molar refractivity (Wildman–Crippen MR) is 264 cm³/mol. The quantitative estimate of drug-likeness (QED) is 0.259. The smallest absolute Gasteiger partial charge is 0.127 e. The molecular formula is C62H63NO. The third-order valence-electron chi connectivity index (χ3n) is 16.4. The van der Waals surface area contributed by atoms with Gasteiger partial charge < -0.3 is 9.64 Å². The van der Waals surface area contributed by atoms with Gasteiger partial charge in [-0.05, 0) is 182 Å². The van der Waals surface area contributed by atoms with Crippen molar-refractivity contribution in [3.8, 4) is 0 Å². The Kier molecular flexibility index (Phi) is 10.9. The van der Waals surface area contributed by atoms with Crippen molar-refractivity contribution < 1.29 is 4.74 Å². The summed E-state index contributed by atoms with van der Waals surface area (Å²) in [6.45, 7) is 0. The van der Waals surface area contributed by atoms with Gasteiger partial charge in [-0.25, -0.2) is 0 Å². The Morgan fingerprint density at radius 3 is 2.36 bits per heavy atom. The summed E-state index contributed by atoms with van der Waals surface area (Å²) >= 11 is 0. The Morgan fingerprint density at radius 1 is 0.578 bits per heavy atom. The molecule has 1 aromatic rings. The number of hydrogen-bond acceptors (Lipinski definition) is 2. The number of nitrogens with zero attached hydrogens (tertiary/aromatic N) is 1. The Labute approximate surface area is 382 Å². The number of allylic oxidation sites excluding steroid dienone is 27. The van der Waals surface area contributed by atoms with Crippen LogP contribution in [-0.4, -0.2) is 17.0 Å². The molecule has 0 saturated carbocycles. The summed E-state index contributed by atoms with van der Waals surface area (Å²) in [6, 6.07) is 11.6. The van der Waals surface area contributed by atoms with E-state index in [2.05, 4.69) is 169 Å². The van der Waals surface area contributed by atoms with Crippen molar-refractivity contribution in [2.75, 3.05) is 0 Å². The van der Waals surface area contributed by atoms with E-state index >= 15 is 0 Å². The topological polar surface area (TPSA) is 12.5 Å². The second-order valence-electron chi connectivity index (χ2n) is 20.0. The normalized spacial score (nSPS) is 32.4. The van der Waals surface area contributed by atoms with Gasteiger partial charge in [-0.2, -0.15) is 0 Å². The van der Waals surface area contributed by atoms with Crippen LogP contribution in [0.1, 0.15) is 101 Å². The summed E-state index contributed by atoms with van der Waals surface area (Å²) < 4.78 is 6.77. The van der Waals surface area contributed by atoms with Gasteiger partial charge in [0.05, 0.1) is 6.04 Å². The van der Waals surface area contributed by atoms with E-state index < -0.39 is 0 Å². The molecule has 2 nitrogen and oxygen atoms in total. The number of benzene rings is 1. The molecule has 0 N–H and O–H groups in total. The Bertz CT molecular complexity index is 2620. The molecule has 1 aliphatic heterocycles. The molecule has 12 rings (SSSR count). The molecule has 11 aliphatic rings. The SMILES string of the molecule is C1=CCC(C2=CCCC3=C2OC2C=CC(C4C=CC(N(C5=CC=C(C6=CC7=C(C=CCC7)CC6)CC5)C5C=CC(C6CCC=C7C=CCC(c8ccccc8)C76)=CC5)=CC4)=CC32)C=C1. The lowest BCUT2D eigenvalue weighted by atomic mass is 9.63. The van der Waals surface area contributed by atoms with Gasteiger partial charge in [-0.15, -0.1) is 0 Å². The Hall–Kier alpha value is -5.60. The minimum atomic E-state index is 0.123. The zero-order valence-corrected chi connectivity index (χ0v) is 37.5. The summed E-state index contributed by atoms with van der Waals surface area (Å²) in [5.74, 6) is 3.98. The van der Waals surface area contributed by atoms with Crippen LogP contribution in [0.25, 0.3) is 0 Å². The van der Waals surface area contributed by atoms with Gasteiger partial charge in [-0.1, -0.05) is 146 Å². The maximum absolute atomic E-state index is 6.77. The maximum Gasteiger partial charge on any atom is 0.127 e. The number of fused-ring (bicyclic) bond motifs is 3. The fourth-order valence-electron chi connectivity index (χ4n) is 13.2. The molecule has 0 bridgehead atoms. The van der Waals surface area contributed by atoms with Crippen molar-refractivity contribution in [1.29, 1.82) is 0 Å². The second-order valence-corrected chi connectivity index (χ2v) is 20.0. The largest absolute Gasteiger partial charge is 0.485 e. The first-order valence-electron chi connectivity index (χ1n) is 25.0. The number of rotatable bonds is 8. The van der Waals surface area contributed by atoms with Gasteiger partial charge in [0.2, 0.25) is 0 Å². The first-order chi connectivity index (χ1) is 31.7. The zero-order valence-electron chi connectivity index (χ0n) is 37.5. The molecule has 1 heterocycles. The minimum Gasteiger partial charge on any atom is -0.485 e. The van der Waals surface area contributed by atoms with Crippen LogP contribution in [0.3, 0.4) is 0 Å². The summed E-state index contributed by atoms with van der Waals surface area (Å²) in [5.41, 5.74) is 18.1. The average molecular weight is 838 g/mol. The van der Waals surface area contributed by atoms with E-state index in [9.17, 15) is 0 Å².